The summed E-state index contributed by atoms with van der Waals surface area (Å²) in [6.07, 6.45) is 4.83. The quantitative estimate of drug-likeness (QED) is 0.891. The molecule has 0 fully saturated rings. The van der Waals surface area contributed by atoms with Crippen LogP contribution >= 0.6 is 0 Å². The average molecular weight is 247 g/mol. The number of ether oxygens (including phenoxy) is 2. The predicted molar refractivity (Wildman–Crippen MR) is 71.4 cm³/mol. The third kappa shape index (κ3) is 2.19. The van der Waals surface area contributed by atoms with Crippen LogP contribution in [0, 0.1) is 0 Å². The predicted octanol–water partition coefficient (Wildman–Crippen LogP) is 2.83. The molecular formula is C15H21NO2. The summed E-state index contributed by atoms with van der Waals surface area (Å²) in [5, 5.41) is 3.64. The van der Waals surface area contributed by atoms with Gasteiger partial charge in [-0.3, -0.25) is 0 Å². The Hall–Kier alpha value is -1.22. The van der Waals surface area contributed by atoms with E-state index >= 15 is 0 Å². The Bertz CT molecular complexity index is 431. The lowest BCUT2D eigenvalue weighted by molar-refractivity contribution is 0.171. The number of hydrogen-bond donors (Lipinski definition) is 1. The van der Waals surface area contributed by atoms with Gasteiger partial charge in [-0.25, -0.2) is 0 Å². The Labute approximate surface area is 108 Å². The zero-order valence-corrected chi connectivity index (χ0v) is 11.0. The minimum absolute atomic E-state index is 0.490. The van der Waals surface area contributed by atoms with E-state index in [1.165, 1.54) is 30.4 Å². The highest BCUT2D eigenvalue weighted by Crippen LogP contribution is 2.39. The first-order valence-electron chi connectivity index (χ1n) is 7.04. The van der Waals surface area contributed by atoms with Crippen molar-refractivity contribution in [3.8, 4) is 11.5 Å². The fourth-order valence-electron chi connectivity index (χ4n) is 2.87. The van der Waals surface area contributed by atoms with E-state index in [4.69, 9.17) is 9.47 Å². The van der Waals surface area contributed by atoms with Crippen LogP contribution in [0.1, 0.15) is 43.4 Å². The molecule has 3 rings (SSSR count). The van der Waals surface area contributed by atoms with Gasteiger partial charge in [-0.1, -0.05) is 6.92 Å². The molecule has 1 aliphatic carbocycles. The summed E-state index contributed by atoms with van der Waals surface area (Å²) in [4.78, 5) is 0. The molecule has 3 heteroatoms. The van der Waals surface area contributed by atoms with Gasteiger partial charge in [0.25, 0.3) is 0 Å². The topological polar surface area (TPSA) is 30.5 Å². The molecule has 0 aromatic heterocycles. The summed E-state index contributed by atoms with van der Waals surface area (Å²) in [7, 11) is 0. The van der Waals surface area contributed by atoms with E-state index < -0.39 is 0 Å². The van der Waals surface area contributed by atoms with Crippen LogP contribution < -0.4 is 14.8 Å². The second kappa shape index (κ2) is 5.19. The Morgan fingerprint density at radius 3 is 2.78 bits per heavy atom. The average Bonchev–Trinajstić information content (AvgIpc) is 2.43. The number of benzene rings is 1. The van der Waals surface area contributed by atoms with E-state index in [0.29, 0.717) is 19.3 Å². The van der Waals surface area contributed by atoms with Crippen LogP contribution in [0.15, 0.2) is 12.1 Å². The molecule has 1 atom stereocenters. The molecule has 1 unspecified atom stereocenters. The molecule has 1 heterocycles. The first kappa shape index (κ1) is 11.8. The minimum Gasteiger partial charge on any atom is -0.486 e. The Kier molecular flexibility index (Phi) is 3.41. The molecule has 1 N–H and O–H groups in total. The summed E-state index contributed by atoms with van der Waals surface area (Å²) in [5.41, 5.74) is 2.85. The smallest absolute Gasteiger partial charge is 0.161 e. The lowest BCUT2D eigenvalue weighted by Gasteiger charge is -2.29. The number of rotatable bonds is 3. The molecular weight excluding hydrogens is 226 g/mol. The number of hydrogen-bond acceptors (Lipinski definition) is 3. The van der Waals surface area contributed by atoms with Gasteiger partial charge in [0.15, 0.2) is 11.5 Å². The molecule has 3 nitrogen and oxygen atoms in total. The monoisotopic (exact) mass is 247 g/mol. The fraction of sp³-hybridized carbons (Fsp3) is 0.600. The van der Waals surface area contributed by atoms with Crippen LogP contribution in [0.2, 0.25) is 0 Å². The highest BCUT2D eigenvalue weighted by Gasteiger charge is 2.23. The molecule has 18 heavy (non-hydrogen) atoms. The molecule has 0 saturated carbocycles. The highest BCUT2D eigenvalue weighted by molar-refractivity contribution is 5.50. The maximum absolute atomic E-state index is 5.69. The van der Waals surface area contributed by atoms with Gasteiger partial charge in [0.2, 0.25) is 0 Å². The second-order valence-corrected chi connectivity index (χ2v) is 5.09. The van der Waals surface area contributed by atoms with Crippen molar-refractivity contribution in [2.75, 3.05) is 19.8 Å². The summed E-state index contributed by atoms with van der Waals surface area (Å²) in [5.74, 6) is 1.85. The first-order chi connectivity index (χ1) is 8.88. The van der Waals surface area contributed by atoms with Gasteiger partial charge in [0.1, 0.15) is 13.2 Å². The number of fused-ring (bicyclic) bond motifs is 2. The van der Waals surface area contributed by atoms with E-state index in [0.717, 1.165) is 24.5 Å². The molecule has 0 saturated heterocycles. The Balaban J connectivity index is 1.90. The first-order valence-corrected chi connectivity index (χ1v) is 7.04. The van der Waals surface area contributed by atoms with E-state index in [-0.39, 0.29) is 0 Å². The van der Waals surface area contributed by atoms with Crippen molar-refractivity contribution in [1.82, 2.24) is 5.32 Å². The van der Waals surface area contributed by atoms with Crippen molar-refractivity contribution in [1.29, 1.82) is 0 Å². The molecule has 98 valence electrons. The third-order valence-electron chi connectivity index (χ3n) is 3.76. The van der Waals surface area contributed by atoms with Crippen LogP contribution in [0.3, 0.4) is 0 Å². The van der Waals surface area contributed by atoms with Crippen LogP contribution in [0.4, 0.5) is 0 Å². The Morgan fingerprint density at radius 2 is 2.00 bits per heavy atom. The lowest BCUT2D eigenvalue weighted by Crippen LogP contribution is -2.26. The standard InChI is InChI=1S/C15H21NO2/c1-2-6-16-13-5-3-4-11-9-14-15(10-12(11)13)18-8-7-17-14/h9-10,13,16H,2-8H2,1H3. The third-order valence-corrected chi connectivity index (χ3v) is 3.76. The minimum atomic E-state index is 0.490. The molecule has 1 aromatic carbocycles. The molecule has 1 aromatic rings. The van der Waals surface area contributed by atoms with Crippen molar-refractivity contribution < 1.29 is 9.47 Å². The van der Waals surface area contributed by atoms with E-state index in [2.05, 4.69) is 24.4 Å². The van der Waals surface area contributed by atoms with Gasteiger partial charge >= 0.3 is 0 Å². The molecule has 0 bridgehead atoms. The van der Waals surface area contributed by atoms with Gasteiger partial charge < -0.3 is 14.8 Å². The van der Waals surface area contributed by atoms with E-state index in [1.54, 1.807) is 0 Å². The molecule has 0 radical (unpaired) electrons. The lowest BCUT2D eigenvalue weighted by atomic mass is 9.87. The van der Waals surface area contributed by atoms with Crippen molar-refractivity contribution >= 4 is 0 Å². The van der Waals surface area contributed by atoms with Crippen molar-refractivity contribution in [2.45, 2.75) is 38.6 Å². The largest absolute Gasteiger partial charge is 0.486 e. The molecule has 2 aliphatic rings. The highest BCUT2D eigenvalue weighted by atomic mass is 16.6. The Morgan fingerprint density at radius 1 is 1.22 bits per heavy atom. The second-order valence-electron chi connectivity index (χ2n) is 5.09. The summed E-state index contributed by atoms with van der Waals surface area (Å²) in [6, 6.07) is 4.87. The van der Waals surface area contributed by atoms with Crippen molar-refractivity contribution in [2.24, 2.45) is 0 Å². The summed E-state index contributed by atoms with van der Waals surface area (Å²) >= 11 is 0. The van der Waals surface area contributed by atoms with Crippen LogP contribution in [-0.4, -0.2) is 19.8 Å². The maximum atomic E-state index is 5.69. The van der Waals surface area contributed by atoms with Gasteiger partial charge in [0, 0.05) is 6.04 Å². The molecule has 0 spiro atoms. The zero-order valence-electron chi connectivity index (χ0n) is 11.0. The van der Waals surface area contributed by atoms with Crippen molar-refractivity contribution in [3.63, 3.8) is 0 Å². The van der Waals surface area contributed by atoms with Gasteiger partial charge in [-0.05, 0) is 55.5 Å². The SMILES string of the molecule is CCCNC1CCCc2cc3c(cc21)OCCO3. The zero-order chi connectivity index (χ0) is 12.4. The molecule has 0 amide bonds. The van der Waals surface area contributed by atoms with Crippen LogP contribution in [0.5, 0.6) is 11.5 Å². The van der Waals surface area contributed by atoms with Gasteiger partial charge in [-0.2, -0.15) is 0 Å². The molecule has 1 aliphatic heterocycles. The van der Waals surface area contributed by atoms with Crippen molar-refractivity contribution in [3.05, 3.63) is 23.3 Å². The normalized spacial score (nSPS) is 21.5. The van der Waals surface area contributed by atoms with Crippen LogP contribution in [0.25, 0.3) is 0 Å². The summed E-state index contributed by atoms with van der Waals surface area (Å²) < 4.78 is 11.4. The van der Waals surface area contributed by atoms with Crippen LogP contribution in [-0.2, 0) is 6.42 Å². The number of nitrogens with one attached hydrogen (secondary N) is 1. The van der Waals surface area contributed by atoms with E-state index in [1.807, 2.05) is 0 Å². The number of aryl methyl sites for hydroxylation is 1. The van der Waals surface area contributed by atoms with Gasteiger partial charge in [-0.15, -0.1) is 0 Å². The van der Waals surface area contributed by atoms with Gasteiger partial charge in [0.05, 0.1) is 0 Å². The summed E-state index contributed by atoms with van der Waals surface area (Å²) in [6.45, 7) is 4.63. The fourth-order valence-corrected chi connectivity index (χ4v) is 2.87. The van der Waals surface area contributed by atoms with E-state index in [9.17, 15) is 0 Å². The maximum Gasteiger partial charge on any atom is 0.161 e.